The molecule has 27 heavy (non-hydrogen) atoms. The molecule has 0 aromatic heterocycles. The fourth-order valence-corrected chi connectivity index (χ4v) is 2.37. The molecule has 2 rings (SSSR count). The van der Waals surface area contributed by atoms with Crippen molar-refractivity contribution in [2.24, 2.45) is 0 Å². The highest BCUT2D eigenvalue weighted by Gasteiger charge is 2.34. The van der Waals surface area contributed by atoms with Crippen LogP contribution in [-0.2, 0) is 22.2 Å². The summed E-state index contributed by atoms with van der Waals surface area (Å²) in [4.78, 5) is 23.7. The molecule has 0 bridgehead atoms. The molecule has 0 aliphatic heterocycles. The number of halogens is 3. The summed E-state index contributed by atoms with van der Waals surface area (Å²) in [6, 6.07) is 10.6. The average molecular weight is 380 g/mol. The van der Waals surface area contributed by atoms with Crippen molar-refractivity contribution < 1.29 is 27.5 Å². The second-order valence-corrected chi connectivity index (χ2v) is 5.85. The van der Waals surface area contributed by atoms with Crippen LogP contribution in [0.25, 0.3) is 0 Å². The molecule has 0 saturated carbocycles. The molecular weight excluding hydrogens is 361 g/mol. The molecule has 144 valence electrons. The van der Waals surface area contributed by atoms with Gasteiger partial charge in [0.15, 0.2) is 0 Å². The largest absolute Gasteiger partial charge is 0.497 e. The molecule has 0 fully saturated rings. The van der Waals surface area contributed by atoms with Crippen molar-refractivity contribution in [3.05, 3.63) is 59.2 Å². The molecule has 0 heterocycles. The summed E-state index contributed by atoms with van der Waals surface area (Å²) in [5.74, 6) is -1.46. The number of rotatable bonds is 5. The summed E-state index contributed by atoms with van der Waals surface area (Å²) < 4.78 is 44.2. The van der Waals surface area contributed by atoms with Crippen LogP contribution in [-0.4, -0.2) is 25.5 Å². The molecule has 0 spiro atoms. The lowest BCUT2D eigenvalue weighted by Gasteiger charge is -2.14. The van der Waals surface area contributed by atoms with Crippen LogP contribution >= 0.6 is 0 Å². The van der Waals surface area contributed by atoms with Crippen molar-refractivity contribution in [2.75, 3.05) is 19.0 Å². The van der Waals surface area contributed by atoms with E-state index in [9.17, 15) is 22.8 Å². The van der Waals surface area contributed by atoms with E-state index in [0.717, 1.165) is 17.7 Å². The third kappa shape index (κ3) is 5.73. The van der Waals surface area contributed by atoms with Crippen LogP contribution in [0.1, 0.15) is 16.7 Å². The summed E-state index contributed by atoms with van der Waals surface area (Å²) in [5, 5.41) is 4.41. The molecule has 2 N–H and O–H groups in total. The standard InChI is InChI=1S/C19H19F3N2O3/c1-12-3-8-16(15(11-12)19(20,21)22)24-18(26)17(25)23-10-9-13-4-6-14(27-2)7-5-13/h3-8,11H,9-10H2,1-2H3,(H,23,25)(H,24,26). The van der Waals surface area contributed by atoms with Gasteiger partial charge in [-0.05, 0) is 43.2 Å². The summed E-state index contributed by atoms with van der Waals surface area (Å²) in [6.07, 6.45) is -4.18. The van der Waals surface area contributed by atoms with Crippen LogP contribution in [0, 0.1) is 6.92 Å². The van der Waals surface area contributed by atoms with E-state index in [1.54, 1.807) is 19.2 Å². The molecule has 8 heteroatoms. The minimum atomic E-state index is -4.64. The lowest BCUT2D eigenvalue weighted by atomic mass is 10.1. The number of benzene rings is 2. The molecule has 0 saturated heterocycles. The van der Waals surface area contributed by atoms with Crippen LogP contribution in [0.15, 0.2) is 42.5 Å². The molecule has 2 aromatic carbocycles. The normalized spacial score (nSPS) is 11.0. The monoisotopic (exact) mass is 380 g/mol. The third-order valence-corrected chi connectivity index (χ3v) is 3.79. The molecule has 2 aromatic rings. The Morgan fingerprint density at radius 3 is 2.30 bits per heavy atom. The summed E-state index contributed by atoms with van der Waals surface area (Å²) in [7, 11) is 1.55. The first-order chi connectivity index (χ1) is 12.7. The number of ether oxygens (including phenoxy) is 1. The molecule has 5 nitrogen and oxygen atoms in total. The molecule has 0 aliphatic rings. The van der Waals surface area contributed by atoms with Gasteiger partial charge in [0.25, 0.3) is 0 Å². The predicted molar refractivity (Wildman–Crippen MR) is 94.5 cm³/mol. The maximum Gasteiger partial charge on any atom is 0.418 e. The van der Waals surface area contributed by atoms with Gasteiger partial charge in [-0.25, -0.2) is 0 Å². The van der Waals surface area contributed by atoms with E-state index in [1.807, 2.05) is 17.4 Å². The number of carbonyl (C=O) groups excluding carboxylic acids is 2. The van der Waals surface area contributed by atoms with Gasteiger partial charge < -0.3 is 15.4 Å². The second-order valence-electron chi connectivity index (χ2n) is 5.85. The van der Waals surface area contributed by atoms with Gasteiger partial charge in [-0.3, -0.25) is 9.59 Å². The van der Waals surface area contributed by atoms with Crippen LogP contribution in [0.4, 0.5) is 18.9 Å². The Balaban J connectivity index is 1.93. The van der Waals surface area contributed by atoms with Crippen LogP contribution in [0.2, 0.25) is 0 Å². The van der Waals surface area contributed by atoms with E-state index in [1.165, 1.54) is 13.0 Å². The molecule has 2 amide bonds. The molecule has 0 unspecified atom stereocenters. The van der Waals surface area contributed by atoms with Crippen LogP contribution in [0.5, 0.6) is 5.75 Å². The lowest BCUT2D eigenvalue weighted by molar-refractivity contribution is -0.138. The Morgan fingerprint density at radius 2 is 1.70 bits per heavy atom. The van der Waals surface area contributed by atoms with Crippen LogP contribution in [0.3, 0.4) is 0 Å². The Labute approximate surface area is 154 Å². The van der Waals surface area contributed by atoms with Crippen molar-refractivity contribution in [2.45, 2.75) is 19.5 Å². The molecular formula is C19H19F3N2O3. The number of methoxy groups -OCH3 is 1. The zero-order valence-electron chi connectivity index (χ0n) is 14.8. The summed E-state index contributed by atoms with van der Waals surface area (Å²) in [6.45, 7) is 1.67. The maximum absolute atomic E-state index is 13.1. The quantitative estimate of drug-likeness (QED) is 0.782. The zero-order chi connectivity index (χ0) is 20.0. The van der Waals surface area contributed by atoms with E-state index in [0.29, 0.717) is 17.7 Å². The van der Waals surface area contributed by atoms with Gasteiger partial charge in [0, 0.05) is 6.54 Å². The maximum atomic E-state index is 13.1. The van der Waals surface area contributed by atoms with Gasteiger partial charge in [0.05, 0.1) is 18.4 Å². The van der Waals surface area contributed by atoms with Crippen molar-refractivity contribution in [3.63, 3.8) is 0 Å². The Hall–Kier alpha value is -3.03. The first-order valence-electron chi connectivity index (χ1n) is 8.10. The van der Waals surface area contributed by atoms with E-state index in [-0.39, 0.29) is 6.54 Å². The van der Waals surface area contributed by atoms with Gasteiger partial charge in [-0.15, -0.1) is 0 Å². The van der Waals surface area contributed by atoms with Crippen molar-refractivity contribution in [1.82, 2.24) is 5.32 Å². The van der Waals surface area contributed by atoms with Gasteiger partial charge >= 0.3 is 18.0 Å². The fourth-order valence-electron chi connectivity index (χ4n) is 2.37. The van der Waals surface area contributed by atoms with Crippen molar-refractivity contribution in [3.8, 4) is 5.75 Å². The Kier molecular flexibility index (Phi) is 6.44. The lowest BCUT2D eigenvalue weighted by Crippen LogP contribution is -2.36. The Morgan fingerprint density at radius 1 is 1.04 bits per heavy atom. The summed E-state index contributed by atoms with van der Waals surface area (Å²) >= 11 is 0. The number of aryl methyl sites for hydroxylation is 1. The fraction of sp³-hybridized carbons (Fsp3) is 0.263. The van der Waals surface area contributed by atoms with Crippen molar-refractivity contribution in [1.29, 1.82) is 0 Å². The molecule has 0 radical (unpaired) electrons. The van der Waals surface area contributed by atoms with E-state index >= 15 is 0 Å². The molecule has 0 aliphatic carbocycles. The second kappa shape index (κ2) is 8.57. The number of anilines is 1. The van der Waals surface area contributed by atoms with E-state index in [2.05, 4.69) is 5.32 Å². The first kappa shape index (κ1) is 20.3. The van der Waals surface area contributed by atoms with E-state index in [4.69, 9.17) is 4.74 Å². The summed E-state index contributed by atoms with van der Waals surface area (Å²) in [5.41, 5.74) is -0.149. The van der Waals surface area contributed by atoms with Crippen molar-refractivity contribution >= 4 is 17.5 Å². The average Bonchev–Trinajstić information content (AvgIpc) is 2.62. The number of amides is 2. The number of alkyl halides is 3. The highest BCUT2D eigenvalue weighted by Crippen LogP contribution is 2.35. The smallest absolute Gasteiger partial charge is 0.418 e. The van der Waals surface area contributed by atoms with Crippen LogP contribution < -0.4 is 15.4 Å². The minimum absolute atomic E-state index is 0.165. The number of carbonyl (C=O) groups is 2. The minimum Gasteiger partial charge on any atom is -0.497 e. The topological polar surface area (TPSA) is 67.4 Å². The van der Waals surface area contributed by atoms with Gasteiger partial charge in [-0.2, -0.15) is 13.2 Å². The SMILES string of the molecule is COc1ccc(CCNC(=O)C(=O)Nc2ccc(C)cc2C(F)(F)F)cc1. The first-order valence-corrected chi connectivity index (χ1v) is 8.10. The highest BCUT2D eigenvalue weighted by molar-refractivity contribution is 6.39. The molecule has 0 atom stereocenters. The van der Waals surface area contributed by atoms with E-state index < -0.39 is 29.2 Å². The number of hydrogen-bond acceptors (Lipinski definition) is 3. The Bertz CT molecular complexity index is 818. The van der Waals surface area contributed by atoms with Gasteiger partial charge in [-0.1, -0.05) is 23.8 Å². The highest BCUT2D eigenvalue weighted by atomic mass is 19.4. The third-order valence-electron chi connectivity index (χ3n) is 3.79. The number of nitrogens with one attached hydrogen (secondary N) is 2. The van der Waals surface area contributed by atoms with Gasteiger partial charge in [0.2, 0.25) is 0 Å². The van der Waals surface area contributed by atoms with Gasteiger partial charge in [0.1, 0.15) is 5.75 Å². The predicted octanol–water partition coefficient (Wildman–Crippen LogP) is 3.32. The zero-order valence-corrected chi connectivity index (χ0v) is 14.8. The number of hydrogen-bond donors (Lipinski definition) is 2.